The van der Waals surface area contributed by atoms with Gasteiger partial charge >= 0.3 is 5.97 Å². The number of rotatable bonds is 8. The molecule has 0 radical (unpaired) electrons. The van der Waals surface area contributed by atoms with E-state index in [1.54, 1.807) is 12.1 Å². The lowest BCUT2D eigenvalue weighted by molar-refractivity contribution is -0.135. The molecule has 0 saturated carbocycles. The molecule has 1 aliphatic heterocycles. The molecule has 0 bridgehead atoms. The Balaban J connectivity index is 2.09. The van der Waals surface area contributed by atoms with Crippen LogP contribution in [0.25, 0.3) is 0 Å². The van der Waals surface area contributed by atoms with E-state index < -0.39 is 11.9 Å². The molecule has 1 heterocycles. The van der Waals surface area contributed by atoms with E-state index in [1.165, 1.54) is 13.3 Å². The van der Waals surface area contributed by atoms with E-state index in [1.807, 2.05) is 19.9 Å². The molecule has 0 atom stereocenters. The Bertz CT molecular complexity index is 861. The maximum atomic E-state index is 11.8. The highest BCUT2D eigenvalue weighted by Gasteiger charge is 2.25. The number of hydrogen-bond donors (Lipinski definition) is 1. The first-order valence-corrected chi connectivity index (χ1v) is 9.18. The molecule has 0 aromatic heterocycles. The Morgan fingerprint density at radius 3 is 2.79 bits per heavy atom. The molecule has 1 aromatic rings. The smallest absolute Gasteiger partial charge is 0.331 e. The minimum Gasteiger partial charge on any atom is -0.490 e. The second-order valence-corrected chi connectivity index (χ2v) is 6.65. The topological polar surface area (TPSA) is 98.6 Å². The van der Waals surface area contributed by atoms with Gasteiger partial charge in [0.1, 0.15) is 6.61 Å². The lowest BCUT2D eigenvalue weighted by Crippen LogP contribution is -2.19. The van der Waals surface area contributed by atoms with Crippen LogP contribution >= 0.6 is 11.8 Å². The molecule has 1 aromatic carbocycles. The number of nitrogens with zero attached hydrogens (tertiary/aromatic N) is 2. The van der Waals surface area contributed by atoms with Gasteiger partial charge in [-0.3, -0.25) is 10.1 Å². The SMILES string of the molecule is C=C(C)COc1ccc(C=N/N=C2/NC(=O)/C(=C\C(=O)OC)S2)cc1OCC. The van der Waals surface area contributed by atoms with Crippen LogP contribution in [0.15, 0.2) is 51.5 Å². The lowest BCUT2D eigenvalue weighted by Gasteiger charge is -2.12. The second-order valence-electron chi connectivity index (χ2n) is 5.62. The molecule has 148 valence electrons. The molecular weight excluding hydrogens is 382 g/mol. The van der Waals surface area contributed by atoms with Gasteiger partial charge in [0.15, 0.2) is 16.7 Å². The number of ether oxygens (including phenoxy) is 3. The average Bonchev–Trinajstić information content (AvgIpc) is 3.00. The Kier molecular flexibility index (Phi) is 7.82. The Morgan fingerprint density at radius 1 is 1.32 bits per heavy atom. The van der Waals surface area contributed by atoms with Crippen molar-refractivity contribution < 1.29 is 23.8 Å². The number of carbonyl (C=O) groups excluding carboxylic acids is 2. The predicted molar refractivity (Wildman–Crippen MR) is 109 cm³/mol. The van der Waals surface area contributed by atoms with Gasteiger partial charge in [-0.2, -0.15) is 5.10 Å². The molecule has 1 amide bonds. The Hall–Kier alpha value is -3.07. The highest BCUT2D eigenvalue weighted by atomic mass is 32.2. The first kappa shape index (κ1) is 21.2. The Morgan fingerprint density at radius 2 is 2.11 bits per heavy atom. The van der Waals surface area contributed by atoms with E-state index in [0.717, 1.165) is 29.0 Å². The van der Waals surface area contributed by atoms with Gasteiger partial charge in [-0.15, -0.1) is 5.10 Å². The van der Waals surface area contributed by atoms with E-state index in [-0.39, 0.29) is 10.1 Å². The van der Waals surface area contributed by atoms with Crippen molar-refractivity contribution in [3.05, 3.63) is 46.9 Å². The lowest BCUT2D eigenvalue weighted by atomic mass is 10.2. The molecule has 0 aliphatic carbocycles. The zero-order valence-electron chi connectivity index (χ0n) is 15.9. The zero-order valence-corrected chi connectivity index (χ0v) is 16.7. The second kappa shape index (κ2) is 10.3. The first-order chi connectivity index (χ1) is 13.4. The van der Waals surface area contributed by atoms with Crippen molar-refractivity contribution in [2.45, 2.75) is 13.8 Å². The predicted octanol–water partition coefficient (Wildman–Crippen LogP) is 2.65. The van der Waals surface area contributed by atoms with Crippen LogP contribution in [0, 0.1) is 0 Å². The van der Waals surface area contributed by atoms with Gasteiger partial charge in [-0.1, -0.05) is 6.58 Å². The molecule has 0 unspecified atom stereocenters. The van der Waals surface area contributed by atoms with Gasteiger partial charge in [-0.25, -0.2) is 4.79 Å². The van der Waals surface area contributed by atoms with E-state index in [9.17, 15) is 9.59 Å². The molecule has 0 spiro atoms. The van der Waals surface area contributed by atoms with Crippen molar-refractivity contribution in [2.75, 3.05) is 20.3 Å². The molecule has 1 aliphatic rings. The fraction of sp³-hybridized carbons (Fsp3) is 0.263. The summed E-state index contributed by atoms with van der Waals surface area (Å²) >= 11 is 1.00. The monoisotopic (exact) mass is 403 g/mol. The molecule has 1 saturated heterocycles. The molecule has 28 heavy (non-hydrogen) atoms. The van der Waals surface area contributed by atoms with Crippen molar-refractivity contribution in [3.63, 3.8) is 0 Å². The minimum absolute atomic E-state index is 0.193. The number of nitrogens with one attached hydrogen (secondary N) is 1. The van der Waals surface area contributed by atoms with Crippen LogP contribution in [0.2, 0.25) is 0 Å². The quantitative estimate of drug-likeness (QED) is 0.236. The number of thioether (sulfide) groups is 1. The third-order valence-electron chi connectivity index (χ3n) is 3.20. The highest BCUT2D eigenvalue weighted by Crippen LogP contribution is 2.28. The summed E-state index contributed by atoms with van der Waals surface area (Å²) in [5.74, 6) is 0.165. The van der Waals surface area contributed by atoms with Crippen molar-refractivity contribution in [1.82, 2.24) is 5.32 Å². The normalized spacial score (nSPS) is 16.5. The fourth-order valence-electron chi connectivity index (χ4n) is 1.98. The standard InChI is InChI=1S/C19H21N3O5S/c1-5-26-15-8-13(6-7-14(15)27-11-12(2)3)10-20-22-19-21-18(24)16(28-19)9-17(23)25-4/h6-10H,2,5,11H2,1,3-4H3,(H,21,22,24)/b16-9+,20-10?. The summed E-state index contributed by atoms with van der Waals surface area (Å²) in [5, 5.41) is 10.7. The van der Waals surface area contributed by atoms with E-state index in [2.05, 4.69) is 26.8 Å². The van der Waals surface area contributed by atoms with Crippen LogP contribution in [0.1, 0.15) is 19.4 Å². The summed E-state index contributed by atoms with van der Waals surface area (Å²) in [4.78, 5) is 23.2. The maximum absolute atomic E-state index is 11.8. The Labute approximate surface area is 167 Å². The number of amidine groups is 1. The highest BCUT2D eigenvalue weighted by molar-refractivity contribution is 8.18. The molecular formula is C19H21N3O5S. The number of hydrogen-bond acceptors (Lipinski definition) is 8. The third-order valence-corrected chi connectivity index (χ3v) is 4.10. The molecule has 1 N–H and O–H groups in total. The summed E-state index contributed by atoms with van der Waals surface area (Å²) in [6.45, 7) is 8.47. The molecule has 1 fully saturated rings. The van der Waals surface area contributed by atoms with E-state index in [0.29, 0.717) is 24.7 Å². The zero-order chi connectivity index (χ0) is 20.5. The van der Waals surface area contributed by atoms with E-state index >= 15 is 0 Å². The van der Waals surface area contributed by atoms with Crippen molar-refractivity contribution in [2.24, 2.45) is 10.2 Å². The molecule has 8 nitrogen and oxygen atoms in total. The van der Waals surface area contributed by atoms with Crippen LogP contribution in [0.3, 0.4) is 0 Å². The number of esters is 1. The maximum Gasteiger partial charge on any atom is 0.331 e. The van der Waals surface area contributed by atoms with Crippen molar-refractivity contribution in [1.29, 1.82) is 0 Å². The van der Waals surface area contributed by atoms with Gasteiger partial charge in [-0.05, 0) is 54.9 Å². The van der Waals surface area contributed by atoms with Gasteiger partial charge in [0, 0.05) is 6.08 Å². The van der Waals surface area contributed by atoms with Crippen LogP contribution in [0.5, 0.6) is 11.5 Å². The van der Waals surface area contributed by atoms with Crippen LogP contribution < -0.4 is 14.8 Å². The summed E-state index contributed by atoms with van der Waals surface area (Å²) in [6.07, 6.45) is 2.62. The molecule has 9 heteroatoms. The number of carbonyl (C=O) groups is 2. The van der Waals surface area contributed by atoms with Gasteiger partial charge in [0.25, 0.3) is 5.91 Å². The van der Waals surface area contributed by atoms with Crippen LogP contribution in [-0.2, 0) is 14.3 Å². The van der Waals surface area contributed by atoms with Crippen molar-refractivity contribution >= 4 is 35.0 Å². The fourth-order valence-corrected chi connectivity index (χ4v) is 2.72. The van der Waals surface area contributed by atoms with Gasteiger partial charge in [0.2, 0.25) is 0 Å². The van der Waals surface area contributed by atoms with E-state index in [4.69, 9.17) is 9.47 Å². The van der Waals surface area contributed by atoms with Crippen molar-refractivity contribution in [3.8, 4) is 11.5 Å². The van der Waals surface area contributed by atoms with Gasteiger partial charge in [0.05, 0.1) is 24.8 Å². The summed E-state index contributed by atoms with van der Waals surface area (Å²) in [5.41, 5.74) is 1.65. The molecule has 2 rings (SSSR count). The number of amides is 1. The third kappa shape index (κ3) is 6.27. The van der Waals surface area contributed by atoms with Crippen LogP contribution in [0.4, 0.5) is 0 Å². The summed E-state index contributed by atoms with van der Waals surface area (Å²) in [6, 6.07) is 5.37. The summed E-state index contributed by atoms with van der Waals surface area (Å²) < 4.78 is 15.8. The minimum atomic E-state index is -0.611. The largest absolute Gasteiger partial charge is 0.490 e. The summed E-state index contributed by atoms with van der Waals surface area (Å²) in [7, 11) is 1.24. The number of benzene rings is 1. The van der Waals surface area contributed by atoms with Crippen LogP contribution in [-0.4, -0.2) is 43.6 Å². The average molecular weight is 403 g/mol. The first-order valence-electron chi connectivity index (χ1n) is 8.36. The van der Waals surface area contributed by atoms with Gasteiger partial charge < -0.3 is 14.2 Å². The number of methoxy groups -OCH3 is 1.